The largest absolute Gasteiger partial charge is 0.512 e. The van der Waals surface area contributed by atoms with Gasteiger partial charge in [-0.2, -0.15) is 0 Å². The van der Waals surface area contributed by atoms with Gasteiger partial charge in [-0.3, -0.25) is 0 Å². The smallest absolute Gasteiger partial charge is 0.156 e. The van der Waals surface area contributed by atoms with Crippen LogP contribution in [0.3, 0.4) is 0 Å². The van der Waals surface area contributed by atoms with Gasteiger partial charge in [-0.25, -0.2) is 0 Å². The lowest BCUT2D eigenvalue weighted by atomic mass is 10.1. The SMILES string of the molecule is COC(CCCCCCCCC/C(O)=C1\C=CC=C1[Si])OC. The van der Waals surface area contributed by atoms with E-state index in [1.54, 1.807) is 14.2 Å². The Balaban J connectivity index is 1.96. The summed E-state index contributed by atoms with van der Waals surface area (Å²) >= 11 is 0. The molecule has 0 spiro atoms. The Hall–Kier alpha value is -0.843. The van der Waals surface area contributed by atoms with Crippen molar-refractivity contribution in [2.75, 3.05) is 14.2 Å². The zero-order valence-electron chi connectivity index (χ0n) is 13.9. The minimum Gasteiger partial charge on any atom is -0.512 e. The molecule has 3 nitrogen and oxygen atoms in total. The fourth-order valence-electron chi connectivity index (χ4n) is 2.63. The molecule has 0 saturated carbocycles. The minimum atomic E-state index is -0.0473. The van der Waals surface area contributed by atoms with E-state index in [0.29, 0.717) is 5.76 Å². The van der Waals surface area contributed by atoms with Gasteiger partial charge in [-0.1, -0.05) is 55.5 Å². The molecular weight excluding hydrogens is 292 g/mol. The summed E-state index contributed by atoms with van der Waals surface area (Å²) in [6, 6.07) is 0. The summed E-state index contributed by atoms with van der Waals surface area (Å²) < 4.78 is 10.3. The van der Waals surface area contributed by atoms with Gasteiger partial charge in [0.1, 0.15) is 0 Å². The number of ether oxygens (including phenoxy) is 2. The van der Waals surface area contributed by atoms with Crippen LogP contribution in [-0.2, 0) is 9.47 Å². The topological polar surface area (TPSA) is 38.7 Å². The Kier molecular flexibility index (Phi) is 10.2. The summed E-state index contributed by atoms with van der Waals surface area (Å²) in [5.41, 5.74) is 0.933. The van der Waals surface area contributed by atoms with Crippen LogP contribution in [0.1, 0.15) is 57.8 Å². The number of aliphatic hydroxyl groups is 1. The molecule has 4 heteroatoms. The lowest BCUT2D eigenvalue weighted by molar-refractivity contribution is -0.107. The van der Waals surface area contributed by atoms with Crippen molar-refractivity contribution in [2.45, 2.75) is 64.1 Å². The summed E-state index contributed by atoms with van der Waals surface area (Å²) in [7, 11) is 6.88. The van der Waals surface area contributed by atoms with E-state index >= 15 is 0 Å². The van der Waals surface area contributed by atoms with E-state index in [4.69, 9.17) is 9.47 Å². The van der Waals surface area contributed by atoms with Crippen molar-refractivity contribution >= 4 is 10.2 Å². The molecule has 1 rings (SSSR count). The van der Waals surface area contributed by atoms with Gasteiger partial charge < -0.3 is 14.6 Å². The molecule has 1 N–H and O–H groups in total. The first-order valence-electron chi connectivity index (χ1n) is 8.27. The highest BCUT2D eigenvalue weighted by Gasteiger charge is 2.07. The van der Waals surface area contributed by atoms with Gasteiger partial charge in [0.15, 0.2) is 6.29 Å². The molecule has 0 aromatic carbocycles. The molecular formula is C18H29O3Si. The van der Waals surface area contributed by atoms with Gasteiger partial charge in [0, 0.05) is 26.2 Å². The molecule has 0 aliphatic heterocycles. The number of hydrogen-bond donors (Lipinski definition) is 1. The number of allylic oxidation sites excluding steroid dienone is 6. The third kappa shape index (κ3) is 7.43. The van der Waals surface area contributed by atoms with Gasteiger partial charge >= 0.3 is 0 Å². The van der Waals surface area contributed by atoms with E-state index in [-0.39, 0.29) is 6.29 Å². The van der Waals surface area contributed by atoms with Crippen molar-refractivity contribution in [3.63, 3.8) is 0 Å². The van der Waals surface area contributed by atoms with E-state index in [9.17, 15) is 5.11 Å². The van der Waals surface area contributed by atoms with Gasteiger partial charge in [-0.15, -0.1) is 0 Å². The van der Waals surface area contributed by atoms with Crippen molar-refractivity contribution in [3.05, 3.63) is 34.8 Å². The van der Waals surface area contributed by atoms with E-state index in [2.05, 4.69) is 10.2 Å². The predicted molar refractivity (Wildman–Crippen MR) is 92.0 cm³/mol. The van der Waals surface area contributed by atoms with E-state index in [0.717, 1.165) is 36.5 Å². The van der Waals surface area contributed by atoms with E-state index in [1.165, 1.54) is 32.1 Å². The summed E-state index contributed by atoms with van der Waals surface area (Å²) in [6.45, 7) is 0. The summed E-state index contributed by atoms with van der Waals surface area (Å²) in [4.78, 5) is 0. The molecule has 0 unspecified atom stereocenters. The number of methoxy groups -OCH3 is 2. The standard InChI is InChI=1S/C18H29O3Si/c1-20-18(21-2)14-9-7-5-3-4-6-8-12-16(19)15-11-10-13-17(15)22/h10-11,13,18-19H,3-9,12,14H2,1-2H3/b16-15-. The fraction of sp³-hybridized carbons (Fsp3) is 0.667. The predicted octanol–water partition coefficient (Wildman–Crippen LogP) is 4.55. The zero-order chi connectivity index (χ0) is 16.2. The first-order valence-corrected chi connectivity index (χ1v) is 8.77. The van der Waals surface area contributed by atoms with Crippen molar-refractivity contribution < 1.29 is 14.6 Å². The normalized spacial score (nSPS) is 16.5. The monoisotopic (exact) mass is 321 g/mol. The average Bonchev–Trinajstić information content (AvgIpc) is 2.95. The Morgan fingerprint density at radius 3 is 2.18 bits per heavy atom. The second-order valence-electron chi connectivity index (χ2n) is 5.71. The maximum atomic E-state index is 10.0. The Bertz CT molecular complexity index is 395. The molecule has 0 amide bonds. The highest BCUT2D eigenvalue weighted by molar-refractivity contribution is 6.25. The molecule has 3 radical (unpaired) electrons. The molecule has 0 heterocycles. The van der Waals surface area contributed by atoms with Crippen LogP contribution in [-0.4, -0.2) is 35.9 Å². The molecule has 1 aliphatic carbocycles. The molecule has 123 valence electrons. The summed E-state index contributed by atoms with van der Waals surface area (Å²) in [5, 5.41) is 11.0. The molecule has 22 heavy (non-hydrogen) atoms. The van der Waals surface area contributed by atoms with Crippen LogP contribution >= 0.6 is 0 Å². The van der Waals surface area contributed by atoms with Crippen molar-refractivity contribution in [1.82, 2.24) is 0 Å². The molecule has 1 aliphatic rings. The van der Waals surface area contributed by atoms with Crippen LogP contribution in [0.2, 0.25) is 0 Å². The maximum absolute atomic E-state index is 10.0. The van der Waals surface area contributed by atoms with Gasteiger partial charge in [0.25, 0.3) is 0 Å². The lowest BCUT2D eigenvalue weighted by Crippen LogP contribution is -2.12. The first kappa shape index (κ1) is 19.2. The van der Waals surface area contributed by atoms with Crippen molar-refractivity contribution in [3.8, 4) is 0 Å². The van der Waals surface area contributed by atoms with Gasteiger partial charge in [0.05, 0.1) is 16.0 Å². The fourth-order valence-corrected chi connectivity index (χ4v) is 2.95. The number of unbranched alkanes of at least 4 members (excludes halogenated alkanes) is 6. The first-order chi connectivity index (χ1) is 10.7. The summed E-state index contributed by atoms with van der Waals surface area (Å²) in [6.07, 6.45) is 16.0. The molecule has 0 fully saturated rings. The Labute approximate surface area is 138 Å². The molecule has 0 atom stereocenters. The maximum Gasteiger partial charge on any atom is 0.156 e. The quantitative estimate of drug-likeness (QED) is 0.248. The number of rotatable bonds is 12. The van der Waals surface area contributed by atoms with Crippen LogP contribution in [0.25, 0.3) is 0 Å². The Morgan fingerprint density at radius 1 is 1.05 bits per heavy atom. The average molecular weight is 322 g/mol. The van der Waals surface area contributed by atoms with Gasteiger partial charge in [-0.05, 0) is 19.3 Å². The number of aliphatic hydroxyl groups excluding tert-OH is 1. The van der Waals surface area contributed by atoms with Crippen LogP contribution in [0.15, 0.2) is 34.8 Å². The molecule has 0 aromatic rings. The van der Waals surface area contributed by atoms with E-state index < -0.39 is 0 Å². The van der Waals surface area contributed by atoms with E-state index in [1.807, 2.05) is 18.2 Å². The number of hydrogen-bond acceptors (Lipinski definition) is 3. The minimum absolute atomic E-state index is 0.0473. The van der Waals surface area contributed by atoms with Crippen LogP contribution in [0, 0.1) is 0 Å². The highest BCUT2D eigenvalue weighted by atomic mass is 28.1. The van der Waals surface area contributed by atoms with Crippen molar-refractivity contribution in [2.24, 2.45) is 0 Å². The Morgan fingerprint density at radius 2 is 1.64 bits per heavy atom. The van der Waals surface area contributed by atoms with Gasteiger partial charge in [0.2, 0.25) is 0 Å². The molecule has 0 bridgehead atoms. The van der Waals surface area contributed by atoms with Crippen molar-refractivity contribution in [1.29, 1.82) is 0 Å². The van der Waals surface area contributed by atoms with Crippen LogP contribution < -0.4 is 0 Å². The second-order valence-corrected chi connectivity index (χ2v) is 6.25. The highest BCUT2D eigenvalue weighted by Crippen LogP contribution is 2.22. The summed E-state index contributed by atoms with van der Waals surface area (Å²) in [5.74, 6) is 0.500. The van der Waals surface area contributed by atoms with Crippen LogP contribution in [0.5, 0.6) is 0 Å². The zero-order valence-corrected chi connectivity index (χ0v) is 14.9. The lowest BCUT2D eigenvalue weighted by Gasteiger charge is -2.12. The third-order valence-corrected chi connectivity index (χ3v) is 4.44. The van der Waals surface area contributed by atoms with Crippen LogP contribution in [0.4, 0.5) is 0 Å². The second kappa shape index (κ2) is 11.7. The molecule has 0 aromatic heterocycles. The molecule has 0 saturated heterocycles. The third-order valence-electron chi connectivity index (χ3n) is 4.01.